The minimum absolute atomic E-state index is 0.0992. The van der Waals surface area contributed by atoms with E-state index in [4.69, 9.17) is 23.7 Å². The molecule has 226 valence electrons. The fourth-order valence-electron chi connectivity index (χ4n) is 6.05. The molecule has 1 saturated heterocycles. The fourth-order valence-corrected chi connectivity index (χ4v) is 6.05. The lowest BCUT2D eigenvalue weighted by Gasteiger charge is -2.32. The maximum absolute atomic E-state index is 14.6. The largest absolute Gasteiger partial charge is 0.494 e. The summed E-state index contributed by atoms with van der Waals surface area (Å²) in [6.07, 6.45) is 4.73. The molecule has 0 N–H and O–H groups in total. The number of amidine groups is 1. The summed E-state index contributed by atoms with van der Waals surface area (Å²) in [5.74, 6) is 1.19. The number of amides is 1. The number of fused-ring (bicyclic) bond motifs is 1. The number of carbonyl (C=O) groups excluding carboxylic acids is 1. The van der Waals surface area contributed by atoms with Crippen molar-refractivity contribution in [3.05, 3.63) is 132 Å². The minimum Gasteiger partial charge on any atom is -0.469 e. The van der Waals surface area contributed by atoms with Crippen molar-refractivity contribution in [1.29, 1.82) is 0 Å². The van der Waals surface area contributed by atoms with Gasteiger partial charge in [-0.2, -0.15) is 0 Å². The van der Waals surface area contributed by atoms with Crippen LogP contribution in [-0.4, -0.2) is 46.2 Å². The second-order valence-corrected chi connectivity index (χ2v) is 13.0. The van der Waals surface area contributed by atoms with Crippen LogP contribution in [0.4, 0.5) is 0 Å². The maximum atomic E-state index is 14.6. The van der Waals surface area contributed by atoms with Crippen LogP contribution in [0.1, 0.15) is 50.1 Å². The first kappa shape index (κ1) is 29.2. The van der Waals surface area contributed by atoms with Gasteiger partial charge in [0.05, 0.1) is 28.9 Å². The first-order valence-electron chi connectivity index (χ1n) is 15.4. The summed E-state index contributed by atoms with van der Waals surface area (Å²) in [6.45, 7) is 8.19. The standard InChI is InChI=1S/C37H36BN3O4/c1-35(2)36(3,4)45-38(44-35)29-19-17-27(18-20-29)23-37(24-30-16-11-21-43-30)34(42)41-25-32(28-14-9-6-10-15-28)39-31(33(41)40-37)22-26-12-7-5-8-13-26/h5-21,25H,22-24H2,1-4H3. The topological polar surface area (TPSA) is 76.6 Å². The molecule has 7 rings (SSSR count). The molecule has 3 aliphatic heterocycles. The smallest absolute Gasteiger partial charge is 0.469 e. The molecular formula is C37H36BN3O4. The molecule has 3 aliphatic rings. The molecule has 7 nitrogen and oxygen atoms in total. The molecular weight excluding hydrogens is 561 g/mol. The van der Waals surface area contributed by atoms with Crippen molar-refractivity contribution in [2.45, 2.75) is 63.7 Å². The lowest BCUT2D eigenvalue weighted by molar-refractivity contribution is -0.129. The Kier molecular flexibility index (Phi) is 7.22. The van der Waals surface area contributed by atoms with Gasteiger partial charge in [0.25, 0.3) is 5.91 Å². The third kappa shape index (κ3) is 5.49. The molecule has 1 aromatic heterocycles. The normalized spacial score (nSPS) is 21.8. The average molecular weight is 598 g/mol. The van der Waals surface area contributed by atoms with E-state index in [0.717, 1.165) is 33.6 Å². The van der Waals surface area contributed by atoms with Gasteiger partial charge in [-0.25, -0.2) is 9.98 Å². The summed E-state index contributed by atoms with van der Waals surface area (Å²) in [6, 6.07) is 32.0. The molecule has 1 fully saturated rings. The number of furan rings is 1. The maximum Gasteiger partial charge on any atom is 0.494 e. The number of aliphatic imine (C=N–C) groups is 2. The van der Waals surface area contributed by atoms with Gasteiger partial charge >= 0.3 is 7.12 Å². The molecule has 4 aromatic rings. The number of nitrogens with zero attached hydrogens (tertiary/aromatic N) is 3. The van der Waals surface area contributed by atoms with E-state index in [9.17, 15) is 4.79 Å². The summed E-state index contributed by atoms with van der Waals surface area (Å²) >= 11 is 0. The van der Waals surface area contributed by atoms with Crippen LogP contribution in [0.5, 0.6) is 0 Å². The Morgan fingerprint density at radius 3 is 2.07 bits per heavy atom. The van der Waals surface area contributed by atoms with Crippen molar-refractivity contribution in [1.82, 2.24) is 4.90 Å². The Balaban J connectivity index is 1.25. The highest BCUT2D eigenvalue weighted by molar-refractivity contribution is 6.62. The number of carbonyl (C=O) groups is 1. The van der Waals surface area contributed by atoms with Gasteiger partial charge in [-0.3, -0.25) is 9.69 Å². The Labute approximate surface area is 264 Å². The van der Waals surface area contributed by atoms with E-state index in [1.165, 1.54) is 0 Å². The van der Waals surface area contributed by atoms with E-state index in [-0.39, 0.29) is 5.91 Å². The first-order valence-corrected chi connectivity index (χ1v) is 15.4. The van der Waals surface area contributed by atoms with Crippen LogP contribution >= 0.6 is 0 Å². The minimum atomic E-state index is -1.11. The second-order valence-electron chi connectivity index (χ2n) is 13.0. The van der Waals surface area contributed by atoms with Crippen molar-refractivity contribution in [2.75, 3.05) is 0 Å². The summed E-state index contributed by atoms with van der Waals surface area (Å²) < 4.78 is 18.3. The van der Waals surface area contributed by atoms with Crippen molar-refractivity contribution in [2.24, 2.45) is 9.98 Å². The third-order valence-electron chi connectivity index (χ3n) is 9.26. The SMILES string of the molecule is CC1(C)OB(c2ccc(CC3(Cc4ccco4)N=C4C(Cc5ccccc5)=NC(c5ccccc5)=CN4C3=O)cc2)OC1(C)C. The molecule has 45 heavy (non-hydrogen) atoms. The van der Waals surface area contributed by atoms with E-state index >= 15 is 0 Å². The van der Waals surface area contributed by atoms with Gasteiger partial charge in [0.15, 0.2) is 11.4 Å². The number of hydrogen-bond acceptors (Lipinski definition) is 6. The highest BCUT2D eigenvalue weighted by atomic mass is 16.7. The van der Waals surface area contributed by atoms with Gasteiger partial charge in [-0.05, 0) is 56.4 Å². The molecule has 4 heterocycles. The molecule has 0 bridgehead atoms. The van der Waals surface area contributed by atoms with Crippen LogP contribution in [0.15, 0.2) is 124 Å². The zero-order chi connectivity index (χ0) is 31.2. The van der Waals surface area contributed by atoms with Crippen LogP contribution in [0.2, 0.25) is 0 Å². The molecule has 8 heteroatoms. The fraction of sp³-hybridized carbons (Fsp3) is 0.270. The Bertz CT molecular complexity index is 1780. The van der Waals surface area contributed by atoms with Crippen LogP contribution in [0.25, 0.3) is 5.70 Å². The molecule has 3 aromatic carbocycles. The molecule has 0 radical (unpaired) electrons. The molecule has 1 amide bonds. The zero-order valence-electron chi connectivity index (χ0n) is 26.1. The monoisotopic (exact) mass is 597 g/mol. The molecule has 0 aliphatic carbocycles. The zero-order valence-corrected chi connectivity index (χ0v) is 26.1. The lowest BCUT2D eigenvalue weighted by atomic mass is 9.78. The molecule has 0 saturated carbocycles. The van der Waals surface area contributed by atoms with Gasteiger partial charge in [0.2, 0.25) is 0 Å². The van der Waals surface area contributed by atoms with Gasteiger partial charge < -0.3 is 13.7 Å². The van der Waals surface area contributed by atoms with Crippen molar-refractivity contribution < 1.29 is 18.5 Å². The Hall–Kier alpha value is -4.53. The molecule has 0 spiro atoms. The van der Waals surface area contributed by atoms with Crippen LogP contribution in [-0.2, 0) is 33.4 Å². The van der Waals surface area contributed by atoms with Gasteiger partial charge in [-0.15, -0.1) is 0 Å². The van der Waals surface area contributed by atoms with E-state index in [0.29, 0.717) is 30.9 Å². The molecule has 1 atom stereocenters. The highest BCUT2D eigenvalue weighted by Gasteiger charge is 2.52. The second kappa shape index (κ2) is 11.1. The van der Waals surface area contributed by atoms with Gasteiger partial charge in [0, 0.05) is 31.0 Å². The lowest BCUT2D eigenvalue weighted by Crippen LogP contribution is -2.45. The Morgan fingerprint density at radius 2 is 1.42 bits per heavy atom. The van der Waals surface area contributed by atoms with E-state index in [2.05, 4.69) is 12.1 Å². The van der Waals surface area contributed by atoms with Gasteiger partial charge in [-0.1, -0.05) is 84.9 Å². The predicted molar refractivity (Wildman–Crippen MR) is 177 cm³/mol. The Morgan fingerprint density at radius 1 is 0.756 bits per heavy atom. The van der Waals surface area contributed by atoms with E-state index in [1.807, 2.05) is 119 Å². The number of hydrogen-bond donors (Lipinski definition) is 0. The van der Waals surface area contributed by atoms with Crippen molar-refractivity contribution in [3.8, 4) is 0 Å². The third-order valence-corrected chi connectivity index (χ3v) is 9.26. The summed E-state index contributed by atoms with van der Waals surface area (Å²) in [5, 5.41) is 0. The first-order chi connectivity index (χ1) is 21.6. The summed E-state index contributed by atoms with van der Waals surface area (Å²) in [7, 11) is -0.457. The molecule has 1 unspecified atom stereocenters. The van der Waals surface area contributed by atoms with E-state index < -0.39 is 23.9 Å². The number of benzene rings is 3. The van der Waals surface area contributed by atoms with Crippen molar-refractivity contribution in [3.63, 3.8) is 0 Å². The summed E-state index contributed by atoms with van der Waals surface area (Å²) in [5.41, 5.74) is 3.48. The quantitative estimate of drug-likeness (QED) is 0.232. The predicted octanol–water partition coefficient (Wildman–Crippen LogP) is 6.04. The average Bonchev–Trinajstić information content (AvgIpc) is 3.70. The van der Waals surface area contributed by atoms with Gasteiger partial charge in [0.1, 0.15) is 5.76 Å². The van der Waals surface area contributed by atoms with Crippen LogP contribution < -0.4 is 5.46 Å². The highest BCUT2D eigenvalue weighted by Crippen LogP contribution is 2.38. The van der Waals surface area contributed by atoms with Crippen LogP contribution in [0, 0.1) is 0 Å². The summed E-state index contributed by atoms with van der Waals surface area (Å²) in [4.78, 5) is 26.6. The van der Waals surface area contributed by atoms with Crippen molar-refractivity contribution >= 4 is 35.7 Å². The number of rotatable bonds is 8. The van der Waals surface area contributed by atoms with E-state index in [1.54, 1.807) is 11.2 Å². The van der Waals surface area contributed by atoms with Crippen LogP contribution in [0.3, 0.4) is 0 Å².